The number of hydrogen-bond donors (Lipinski definition) is 2. The first-order chi connectivity index (χ1) is 9.44. The van der Waals surface area contributed by atoms with Crippen molar-refractivity contribution in [2.24, 2.45) is 11.1 Å². The lowest BCUT2D eigenvalue weighted by Crippen LogP contribution is -2.41. The van der Waals surface area contributed by atoms with Gasteiger partial charge >= 0.3 is 0 Å². The number of nitrogens with two attached hydrogens (primary N) is 1. The lowest BCUT2D eigenvalue weighted by atomic mass is 9.67. The van der Waals surface area contributed by atoms with Gasteiger partial charge in [0.25, 0.3) is 0 Å². The fraction of sp³-hybridized carbons (Fsp3) is 0.600. The molecule has 20 heavy (non-hydrogen) atoms. The van der Waals surface area contributed by atoms with Crippen LogP contribution < -0.4 is 10.5 Å². The van der Waals surface area contributed by atoms with Crippen molar-refractivity contribution in [3.8, 4) is 0 Å². The molecular formula is C15H24N2O2S. The molecule has 0 spiro atoms. The SMILES string of the molecule is CCC1(CNS(=O)(=O)c2cccc(CN)c2C)CCC1. The van der Waals surface area contributed by atoms with Crippen LogP contribution in [0, 0.1) is 12.3 Å². The first-order valence-corrected chi connectivity index (χ1v) is 8.71. The number of benzene rings is 1. The Bertz CT molecular complexity index is 572. The molecule has 1 fully saturated rings. The number of hydrogen-bond acceptors (Lipinski definition) is 3. The lowest BCUT2D eigenvalue weighted by molar-refractivity contribution is 0.133. The van der Waals surface area contributed by atoms with Gasteiger partial charge in [0.1, 0.15) is 0 Å². The van der Waals surface area contributed by atoms with Crippen LogP contribution in [0.15, 0.2) is 23.1 Å². The molecule has 0 bridgehead atoms. The molecule has 1 aliphatic rings. The van der Waals surface area contributed by atoms with E-state index in [1.807, 2.05) is 13.0 Å². The summed E-state index contributed by atoms with van der Waals surface area (Å²) in [6.07, 6.45) is 4.47. The van der Waals surface area contributed by atoms with Crippen molar-refractivity contribution in [2.75, 3.05) is 6.54 Å². The topological polar surface area (TPSA) is 72.2 Å². The zero-order valence-corrected chi connectivity index (χ0v) is 13.1. The normalized spacial score (nSPS) is 17.8. The molecule has 3 N–H and O–H groups in total. The quantitative estimate of drug-likeness (QED) is 0.846. The summed E-state index contributed by atoms with van der Waals surface area (Å²) in [5.41, 5.74) is 7.44. The van der Waals surface area contributed by atoms with Crippen LogP contribution in [0.25, 0.3) is 0 Å². The zero-order valence-electron chi connectivity index (χ0n) is 12.3. The van der Waals surface area contributed by atoms with Crippen LogP contribution in [0.1, 0.15) is 43.7 Å². The summed E-state index contributed by atoms with van der Waals surface area (Å²) >= 11 is 0. The van der Waals surface area contributed by atoms with E-state index >= 15 is 0 Å². The number of rotatable bonds is 6. The van der Waals surface area contributed by atoms with Gasteiger partial charge in [-0.15, -0.1) is 0 Å². The van der Waals surface area contributed by atoms with Crippen LogP contribution in [-0.4, -0.2) is 15.0 Å². The highest BCUT2D eigenvalue weighted by molar-refractivity contribution is 7.89. The third-order valence-corrected chi connectivity index (χ3v) is 6.25. The molecule has 112 valence electrons. The van der Waals surface area contributed by atoms with Crippen LogP contribution in [0.5, 0.6) is 0 Å². The molecule has 0 radical (unpaired) electrons. The van der Waals surface area contributed by atoms with Gasteiger partial charge in [0.2, 0.25) is 10.0 Å². The Hall–Kier alpha value is -0.910. The Kier molecular flexibility index (Phi) is 4.52. The molecule has 0 unspecified atom stereocenters. The van der Waals surface area contributed by atoms with E-state index in [2.05, 4.69) is 11.6 Å². The van der Waals surface area contributed by atoms with Crippen molar-refractivity contribution in [3.05, 3.63) is 29.3 Å². The van der Waals surface area contributed by atoms with E-state index in [-0.39, 0.29) is 5.41 Å². The monoisotopic (exact) mass is 296 g/mol. The highest BCUT2D eigenvalue weighted by Gasteiger charge is 2.36. The second-order valence-electron chi connectivity index (χ2n) is 5.78. The third-order valence-electron chi connectivity index (χ3n) is 4.71. The highest BCUT2D eigenvalue weighted by atomic mass is 32.2. The van der Waals surface area contributed by atoms with Crippen molar-refractivity contribution in [2.45, 2.75) is 51.0 Å². The summed E-state index contributed by atoms with van der Waals surface area (Å²) in [5.74, 6) is 0. The van der Waals surface area contributed by atoms with E-state index < -0.39 is 10.0 Å². The average molecular weight is 296 g/mol. The smallest absolute Gasteiger partial charge is 0.240 e. The highest BCUT2D eigenvalue weighted by Crippen LogP contribution is 2.43. The molecule has 1 aromatic rings. The summed E-state index contributed by atoms with van der Waals surface area (Å²) in [5, 5.41) is 0. The molecule has 1 aromatic carbocycles. The molecule has 5 heteroatoms. The molecule has 0 saturated heterocycles. The Morgan fingerprint density at radius 1 is 1.35 bits per heavy atom. The van der Waals surface area contributed by atoms with Gasteiger partial charge in [-0.1, -0.05) is 25.5 Å². The van der Waals surface area contributed by atoms with Crippen molar-refractivity contribution < 1.29 is 8.42 Å². The van der Waals surface area contributed by atoms with Gasteiger partial charge in [0.05, 0.1) is 4.90 Å². The van der Waals surface area contributed by atoms with E-state index in [1.54, 1.807) is 12.1 Å². The minimum absolute atomic E-state index is 0.173. The second kappa shape index (κ2) is 5.84. The summed E-state index contributed by atoms with van der Waals surface area (Å²) in [6.45, 7) is 4.84. The number of sulfonamides is 1. The Labute approximate surface area is 121 Å². The van der Waals surface area contributed by atoms with Crippen LogP contribution in [0.3, 0.4) is 0 Å². The summed E-state index contributed by atoms with van der Waals surface area (Å²) in [6, 6.07) is 5.27. The molecule has 0 aliphatic heterocycles. The second-order valence-corrected chi connectivity index (χ2v) is 7.51. The Morgan fingerprint density at radius 2 is 2.05 bits per heavy atom. The van der Waals surface area contributed by atoms with Crippen LogP contribution in [0.4, 0.5) is 0 Å². The maximum atomic E-state index is 12.5. The van der Waals surface area contributed by atoms with Crippen molar-refractivity contribution >= 4 is 10.0 Å². The molecular weight excluding hydrogens is 272 g/mol. The molecule has 0 amide bonds. The van der Waals surface area contributed by atoms with Crippen LogP contribution in [-0.2, 0) is 16.6 Å². The molecule has 2 rings (SSSR count). The maximum absolute atomic E-state index is 12.5. The van der Waals surface area contributed by atoms with Gasteiger partial charge in [0.15, 0.2) is 0 Å². The van der Waals surface area contributed by atoms with Crippen molar-refractivity contribution in [1.82, 2.24) is 4.72 Å². The van der Waals surface area contributed by atoms with E-state index in [0.29, 0.717) is 18.0 Å². The minimum atomic E-state index is -3.45. The molecule has 1 saturated carbocycles. The fourth-order valence-electron chi connectivity index (χ4n) is 2.83. The standard InChI is InChI=1S/C15H24N2O2S/c1-3-15(8-5-9-15)11-17-20(18,19)14-7-4-6-13(10-16)12(14)2/h4,6-7,17H,3,5,8-11,16H2,1-2H3. The van der Waals surface area contributed by atoms with Crippen LogP contribution >= 0.6 is 0 Å². The van der Waals surface area contributed by atoms with Gasteiger partial charge in [-0.3, -0.25) is 0 Å². The van der Waals surface area contributed by atoms with Crippen molar-refractivity contribution in [3.63, 3.8) is 0 Å². The summed E-state index contributed by atoms with van der Waals surface area (Å²) in [4.78, 5) is 0.353. The van der Waals surface area contributed by atoms with Gasteiger partial charge in [0, 0.05) is 13.1 Å². The Morgan fingerprint density at radius 3 is 2.55 bits per heavy atom. The van der Waals surface area contributed by atoms with Gasteiger partial charge in [-0.05, 0) is 48.8 Å². The summed E-state index contributed by atoms with van der Waals surface area (Å²) < 4.78 is 27.7. The molecule has 4 nitrogen and oxygen atoms in total. The Balaban J connectivity index is 2.18. The molecule has 0 aromatic heterocycles. The summed E-state index contributed by atoms with van der Waals surface area (Å²) in [7, 11) is -3.45. The van der Waals surface area contributed by atoms with Gasteiger partial charge in [-0.25, -0.2) is 13.1 Å². The predicted molar refractivity (Wildman–Crippen MR) is 80.8 cm³/mol. The predicted octanol–water partition coefficient (Wildman–Crippen LogP) is 2.31. The molecule has 0 atom stereocenters. The van der Waals surface area contributed by atoms with Crippen molar-refractivity contribution in [1.29, 1.82) is 0 Å². The molecule has 0 heterocycles. The number of nitrogens with one attached hydrogen (secondary N) is 1. The first-order valence-electron chi connectivity index (χ1n) is 7.22. The van der Waals surface area contributed by atoms with E-state index in [9.17, 15) is 8.42 Å². The maximum Gasteiger partial charge on any atom is 0.240 e. The zero-order chi connectivity index (χ0) is 14.8. The first kappa shape index (κ1) is 15.5. The van der Waals surface area contributed by atoms with Gasteiger partial charge < -0.3 is 5.73 Å². The van der Waals surface area contributed by atoms with E-state index in [0.717, 1.165) is 30.4 Å². The minimum Gasteiger partial charge on any atom is -0.326 e. The van der Waals surface area contributed by atoms with E-state index in [4.69, 9.17) is 5.73 Å². The third kappa shape index (κ3) is 2.90. The fourth-order valence-corrected chi connectivity index (χ4v) is 4.27. The largest absolute Gasteiger partial charge is 0.326 e. The van der Waals surface area contributed by atoms with E-state index in [1.165, 1.54) is 6.42 Å². The lowest BCUT2D eigenvalue weighted by Gasteiger charge is -2.41. The average Bonchev–Trinajstić information content (AvgIpc) is 2.38. The van der Waals surface area contributed by atoms with Crippen LogP contribution in [0.2, 0.25) is 0 Å². The van der Waals surface area contributed by atoms with Gasteiger partial charge in [-0.2, -0.15) is 0 Å². The molecule has 1 aliphatic carbocycles.